The van der Waals surface area contributed by atoms with E-state index in [1.165, 1.54) is 11.3 Å². The maximum absolute atomic E-state index is 11.9. The predicted octanol–water partition coefficient (Wildman–Crippen LogP) is 2.97. The number of amides is 2. The third kappa shape index (κ3) is 4.57. The number of hydrogen-bond acceptors (Lipinski definition) is 4. The molecule has 0 atom stereocenters. The lowest BCUT2D eigenvalue weighted by atomic mass is 10.3. The second-order valence-electron chi connectivity index (χ2n) is 4.59. The van der Waals surface area contributed by atoms with Gasteiger partial charge in [-0.05, 0) is 49.7 Å². The fourth-order valence-corrected chi connectivity index (χ4v) is 2.78. The molecule has 0 radical (unpaired) electrons. The van der Waals surface area contributed by atoms with Crippen LogP contribution in [0.25, 0.3) is 0 Å². The lowest BCUT2D eigenvalue weighted by molar-refractivity contribution is -0.123. The minimum atomic E-state index is -0.429. The number of thiophene rings is 1. The molecule has 1 heterocycles. The van der Waals surface area contributed by atoms with Crippen molar-refractivity contribution in [3.8, 4) is 5.75 Å². The van der Waals surface area contributed by atoms with Gasteiger partial charge in [-0.25, -0.2) is 0 Å². The molecule has 2 N–H and O–H groups in total. The normalized spacial score (nSPS) is 10.1. The molecule has 2 rings (SSSR count). The molecule has 0 fully saturated rings. The van der Waals surface area contributed by atoms with Gasteiger partial charge in [0.2, 0.25) is 0 Å². The lowest BCUT2D eigenvalue weighted by Gasteiger charge is -2.08. The highest BCUT2D eigenvalue weighted by atomic mass is 79.9. The van der Waals surface area contributed by atoms with E-state index in [2.05, 4.69) is 26.8 Å². The van der Waals surface area contributed by atoms with Gasteiger partial charge in [0.15, 0.2) is 6.61 Å². The van der Waals surface area contributed by atoms with E-state index in [-0.39, 0.29) is 12.5 Å². The van der Waals surface area contributed by atoms with E-state index in [0.717, 1.165) is 14.9 Å². The molecule has 22 heavy (non-hydrogen) atoms. The first kappa shape index (κ1) is 16.5. The zero-order chi connectivity index (χ0) is 16.1. The fraction of sp³-hybridized carbons (Fsp3) is 0.200. The Morgan fingerprint density at radius 3 is 2.45 bits per heavy atom. The number of carbonyl (C=O) groups is 2. The van der Waals surface area contributed by atoms with Crippen LogP contribution >= 0.6 is 27.3 Å². The van der Waals surface area contributed by atoms with Crippen LogP contribution < -0.4 is 15.6 Å². The van der Waals surface area contributed by atoms with Crippen LogP contribution in [0.5, 0.6) is 5.75 Å². The van der Waals surface area contributed by atoms with Gasteiger partial charge in [-0.1, -0.05) is 15.9 Å². The lowest BCUT2D eigenvalue weighted by Crippen LogP contribution is -2.43. The van der Waals surface area contributed by atoms with Crippen molar-refractivity contribution in [1.29, 1.82) is 0 Å². The molecular formula is C15H15BrN2O3S. The van der Waals surface area contributed by atoms with Crippen molar-refractivity contribution in [2.75, 3.05) is 6.61 Å². The van der Waals surface area contributed by atoms with E-state index in [0.29, 0.717) is 10.6 Å². The van der Waals surface area contributed by atoms with Crippen LogP contribution in [0.3, 0.4) is 0 Å². The quantitative estimate of drug-likeness (QED) is 0.798. The molecule has 0 saturated carbocycles. The molecule has 2 aromatic rings. The molecule has 5 nitrogen and oxygen atoms in total. The Kier molecular flexibility index (Phi) is 5.57. The van der Waals surface area contributed by atoms with Gasteiger partial charge < -0.3 is 4.74 Å². The topological polar surface area (TPSA) is 67.4 Å². The average Bonchev–Trinajstić information content (AvgIpc) is 2.84. The fourth-order valence-electron chi connectivity index (χ4n) is 1.59. The van der Waals surface area contributed by atoms with E-state index < -0.39 is 5.91 Å². The summed E-state index contributed by atoms with van der Waals surface area (Å²) in [6, 6.07) is 8.91. The second-order valence-corrected chi connectivity index (χ2v) is 6.77. The van der Waals surface area contributed by atoms with Crippen molar-refractivity contribution in [3.63, 3.8) is 0 Å². The monoisotopic (exact) mass is 382 g/mol. The molecule has 1 aromatic heterocycles. The van der Waals surface area contributed by atoms with Crippen LogP contribution in [0.1, 0.15) is 20.1 Å². The predicted molar refractivity (Wildman–Crippen MR) is 89.0 cm³/mol. The summed E-state index contributed by atoms with van der Waals surface area (Å²) in [6.07, 6.45) is 0. The molecule has 7 heteroatoms. The summed E-state index contributed by atoms with van der Waals surface area (Å²) in [5.41, 5.74) is 5.75. The maximum atomic E-state index is 11.9. The summed E-state index contributed by atoms with van der Waals surface area (Å²) >= 11 is 4.70. The Bertz CT molecular complexity index is 663. The number of hydrogen-bond donors (Lipinski definition) is 2. The van der Waals surface area contributed by atoms with Gasteiger partial charge in [-0.3, -0.25) is 20.4 Å². The van der Waals surface area contributed by atoms with Crippen LogP contribution in [-0.2, 0) is 4.79 Å². The minimum Gasteiger partial charge on any atom is -0.484 e. The maximum Gasteiger partial charge on any atom is 0.279 e. The first-order chi connectivity index (χ1) is 10.5. The van der Waals surface area contributed by atoms with Crippen molar-refractivity contribution in [2.45, 2.75) is 13.8 Å². The highest BCUT2D eigenvalue weighted by Gasteiger charge is 2.11. The molecule has 0 bridgehead atoms. The number of aryl methyl sites for hydroxylation is 2. The number of nitrogens with one attached hydrogen (secondary N) is 2. The van der Waals surface area contributed by atoms with Gasteiger partial charge in [-0.15, -0.1) is 11.3 Å². The van der Waals surface area contributed by atoms with Gasteiger partial charge in [-0.2, -0.15) is 0 Å². The number of rotatable bonds is 4. The number of carbonyl (C=O) groups excluding carboxylic acids is 2. The molecule has 116 valence electrons. The molecule has 2 amide bonds. The molecule has 1 aromatic carbocycles. The van der Waals surface area contributed by atoms with Gasteiger partial charge in [0.05, 0.1) is 4.88 Å². The van der Waals surface area contributed by atoms with Gasteiger partial charge >= 0.3 is 0 Å². The second kappa shape index (κ2) is 7.42. The molecular weight excluding hydrogens is 368 g/mol. The van der Waals surface area contributed by atoms with Crippen LogP contribution in [0.4, 0.5) is 0 Å². The van der Waals surface area contributed by atoms with Gasteiger partial charge in [0, 0.05) is 9.35 Å². The van der Waals surface area contributed by atoms with Crippen molar-refractivity contribution >= 4 is 39.1 Å². The molecule has 0 unspecified atom stereocenters. The Morgan fingerprint density at radius 2 is 1.86 bits per heavy atom. The third-order valence-electron chi connectivity index (χ3n) is 2.89. The van der Waals surface area contributed by atoms with Crippen LogP contribution in [-0.4, -0.2) is 18.4 Å². The molecule has 0 aliphatic carbocycles. The van der Waals surface area contributed by atoms with Gasteiger partial charge in [0.25, 0.3) is 11.8 Å². The van der Waals surface area contributed by atoms with Crippen LogP contribution in [0.2, 0.25) is 0 Å². The molecule has 0 spiro atoms. The Hall–Kier alpha value is -1.86. The summed E-state index contributed by atoms with van der Waals surface area (Å²) in [5, 5.41) is 0. The van der Waals surface area contributed by atoms with Crippen LogP contribution in [0, 0.1) is 13.8 Å². The first-order valence-electron chi connectivity index (χ1n) is 6.50. The zero-order valence-corrected chi connectivity index (χ0v) is 14.5. The Balaban J connectivity index is 1.77. The summed E-state index contributed by atoms with van der Waals surface area (Å²) in [7, 11) is 0. The molecule has 0 aliphatic rings. The summed E-state index contributed by atoms with van der Waals surface area (Å²) in [6.45, 7) is 3.71. The average molecular weight is 383 g/mol. The van der Waals surface area contributed by atoms with Crippen molar-refractivity contribution < 1.29 is 14.3 Å². The summed E-state index contributed by atoms with van der Waals surface area (Å²) in [5.74, 6) is -0.186. The van der Waals surface area contributed by atoms with E-state index in [4.69, 9.17) is 4.74 Å². The Morgan fingerprint density at radius 1 is 1.18 bits per heavy atom. The van der Waals surface area contributed by atoms with Crippen molar-refractivity contribution in [2.24, 2.45) is 0 Å². The highest BCUT2D eigenvalue weighted by Crippen LogP contribution is 2.20. The zero-order valence-electron chi connectivity index (χ0n) is 12.1. The van der Waals surface area contributed by atoms with E-state index in [1.807, 2.05) is 26.0 Å². The van der Waals surface area contributed by atoms with Gasteiger partial charge in [0.1, 0.15) is 5.75 Å². The SMILES string of the molecule is Cc1cc(C(=O)NNC(=O)COc2ccc(Br)cc2)sc1C. The number of hydrazine groups is 1. The largest absolute Gasteiger partial charge is 0.484 e. The number of benzene rings is 1. The van der Waals surface area contributed by atoms with Crippen LogP contribution in [0.15, 0.2) is 34.8 Å². The summed E-state index contributed by atoms with van der Waals surface area (Å²) < 4.78 is 6.23. The highest BCUT2D eigenvalue weighted by molar-refractivity contribution is 9.10. The Labute approximate surface area is 140 Å². The number of ether oxygens (including phenoxy) is 1. The smallest absolute Gasteiger partial charge is 0.279 e. The first-order valence-corrected chi connectivity index (χ1v) is 8.11. The van der Waals surface area contributed by atoms with E-state index in [9.17, 15) is 9.59 Å². The van der Waals surface area contributed by atoms with Crippen molar-refractivity contribution in [3.05, 3.63) is 50.1 Å². The van der Waals surface area contributed by atoms with Crippen molar-refractivity contribution in [1.82, 2.24) is 10.9 Å². The standard InChI is InChI=1S/C15H15BrN2O3S/c1-9-7-13(22-10(9)2)15(20)18-17-14(19)8-21-12-5-3-11(16)4-6-12/h3-7H,8H2,1-2H3,(H,17,19)(H,18,20). The molecule has 0 aliphatic heterocycles. The van der Waals surface area contributed by atoms with E-state index >= 15 is 0 Å². The third-order valence-corrected chi connectivity index (χ3v) is 4.57. The number of halogens is 1. The minimum absolute atomic E-state index is 0.176. The summed E-state index contributed by atoms with van der Waals surface area (Å²) in [4.78, 5) is 25.1. The molecule has 0 saturated heterocycles. The van der Waals surface area contributed by atoms with E-state index in [1.54, 1.807) is 18.2 Å².